The first kappa shape index (κ1) is 14.0. The summed E-state index contributed by atoms with van der Waals surface area (Å²) in [5, 5.41) is 0. The Hall–Kier alpha value is 0.0200. The lowest BCUT2D eigenvalue weighted by Gasteiger charge is -2.35. The third-order valence-corrected chi connectivity index (χ3v) is 3.41. The maximum absolute atomic E-state index is 8.70. The summed E-state index contributed by atoms with van der Waals surface area (Å²) in [4.78, 5) is 14.2. The molecule has 1 saturated carbocycles. The average molecular weight is 221 g/mol. The molecular formula is C10H22O3P+. The Morgan fingerprint density at radius 1 is 1.07 bits per heavy atom. The molecule has 0 bridgehead atoms. The largest absolute Gasteiger partial charge is 0.692 e. The number of hydrogen-bond acceptors (Lipinski definition) is 1. The van der Waals surface area contributed by atoms with Gasteiger partial charge in [-0.25, -0.2) is 0 Å². The van der Waals surface area contributed by atoms with Gasteiger partial charge in [0, 0.05) is 4.57 Å². The van der Waals surface area contributed by atoms with Gasteiger partial charge in [0.25, 0.3) is 0 Å². The van der Waals surface area contributed by atoms with Crippen LogP contribution in [0.1, 0.15) is 58.8 Å². The smallest absolute Gasteiger partial charge is 0.134 e. The van der Waals surface area contributed by atoms with Crippen molar-refractivity contribution in [2.24, 2.45) is 5.41 Å². The zero-order valence-corrected chi connectivity index (χ0v) is 10.1. The monoisotopic (exact) mass is 221 g/mol. The van der Waals surface area contributed by atoms with E-state index >= 15 is 0 Å². The van der Waals surface area contributed by atoms with E-state index in [1.54, 1.807) is 0 Å². The van der Waals surface area contributed by atoms with Crippen LogP contribution in [-0.4, -0.2) is 9.79 Å². The highest BCUT2D eigenvalue weighted by molar-refractivity contribution is 7.30. The molecule has 1 aliphatic carbocycles. The predicted molar refractivity (Wildman–Crippen MR) is 58.1 cm³/mol. The fourth-order valence-corrected chi connectivity index (χ4v) is 2.26. The molecule has 1 fully saturated rings. The molecule has 0 heterocycles. The molecule has 84 valence electrons. The molecule has 0 radical (unpaired) electrons. The molecule has 2 N–H and O–H groups in total. The molecule has 3 nitrogen and oxygen atoms in total. The number of rotatable bonds is 2. The van der Waals surface area contributed by atoms with Crippen LogP contribution in [0.2, 0.25) is 0 Å². The first-order valence-corrected chi connectivity index (χ1v) is 6.58. The van der Waals surface area contributed by atoms with E-state index in [1.807, 2.05) is 0 Å². The van der Waals surface area contributed by atoms with E-state index < -0.39 is 8.25 Å². The van der Waals surface area contributed by atoms with Crippen molar-refractivity contribution in [3.63, 3.8) is 0 Å². The van der Waals surface area contributed by atoms with Crippen LogP contribution in [0.3, 0.4) is 0 Å². The summed E-state index contributed by atoms with van der Waals surface area (Å²) in [6.45, 7) is 4.71. The normalized spacial score (nSPS) is 19.4. The summed E-state index contributed by atoms with van der Waals surface area (Å²) < 4.78 is 8.70. The third kappa shape index (κ3) is 5.69. The van der Waals surface area contributed by atoms with Gasteiger partial charge in [-0.05, 0) is 18.3 Å². The van der Waals surface area contributed by atoms with Crippen LogP contribution in [0.15, 0.2) is 0 Å². The number of hydrogen-bond donors (Lipinski definition) is 2. The molecule has 0 spiro atoms. The van der Waals surface area contributed by atoms with E-state index in [1.165, 1.54) is 44.9 Å². The van der Waals surface area contributed by atoms with E-state index in [0.29, 0.717) is 0 Å². The quantitative estimate of drug-likeness (QED) is 0.703. The van der Waals surface area contributed by atoms with Crippen LogP contribution in [0.25, 0.3) is 0 Å². The van der Waals surface area contributed by atoms with Crippen LogP contribution >= 0.6 is 8.25 Å². The Labute approximate surface area is 87.5 Å². The molecule has 0 amide bonds. The highest BCUT2D eigenvalue weighted by Crippen LogP contribution is 2.41. The molecule has 1 aliphatic rings. The van der Waals surface area contributed by atoms with E-state index in [4.69, 9.17) is 14.4 Å². The zero-order valence-electron chi connectivity index (χ0n) is 9.20. The van der Waals surface area contributed by atoms with Crippen molar-refractivity contribution in [3.8, 4) is 0 Å². The van der Waals surface area contributed by atoms with E-state index in [0.717, 1.165) is 5.41 Å². The maximum atomic E-state index is 8.70. The molecule has 0 atom stereocenters. The van der Waals surface area contributed by atoms with Gasteiger partial charge in [0.15, 0.2) is 0 Å². The molecule has 0 aromatic rings. The lowest BCUT2D eigenvalue weighted by molar-refractivity contribution is 0.173. The van der Waals surface area contributed by atoms with Crippen molar-refractivity contribution in [1.29, 1.82) is 0 Å². The van der Waals surface area contributed by atoms with Crippen molar-refractivity contribution in [3.05, 3.63) is 0 Å². The van der Waals surface area contributed by atoms with Gasteiger partial charge >= 0.3 is 8.25 Å². The van der Waals surface area contributed by atoms with Crippen LogP contribution < -0.4 is 0 Å². The lowest BCUT2D eigenvalue weighted by Crippen LogP contribution is -2.21. The predicted octanol–water partition coefficient (Wildman–Crippen LogP) is 3.39. The molecule has 4 heteroatoms. The standard InChI is InChI=1S/C10H20.HO3P/c1-3-10(4-2)8-6-5-7-9-10;1-4(2)3/h3-9H2,1-2H3;(H-,1,2,3)/p+1. The SMILES string of the molecule is CCC1(CC)CCCCC1.O=[P+](O)O. The first-order valence-electron chi connectivity index (χ1n) is 5.41. The Bertz CT molecular complexity index is 155. The van der Waals surface area contributed by atoms with E-state index in [-0.39, 0.29) is 0 Å². The Balaban J connectivity index is 0.000000364. The van der Waals surface area contributed by atoms with Crippen LogP contribution in [0, 0.1) is 5.41 Å². The first-order chi connectivity index (χ1) is 6.56. The minimum atomic E-state index is -2.87. The summed E-state index contributed by atoms with van der Waals surface area (Å²) >= 11 is 0. The zero-order chi connectivity index (χ0) is 11.0. The molecule has 1 rings (SSSR count). The Morgan fingerprint density at radius 2 is 1.43 bits per heavy atom. The molecule has 0 unspecified atom stereocenters. The summed E-state index contributed by atoms with van der Waals surface area (Å²) in [5.74, 6) is 0. The molecule has 0 aromatic carbocycles. The van der Waals surface area contributed by atoms with Crippen molar-refractivity contribution >= 4 is 8.25 Å². The van der Waals surface area contributed by atoms with Gasteiger partial charge in [-0.3, -0.25) is 0 Å². The second-order valence-electron chi connectivity index (χ2n) is 4.02. The average Bonchev–Trinajstić information content (AvgIpc) is 2.18. The molecular weight excluding hydrogens is 199 g/mol. The van der Waals surface area contributed by atoms with Gasteiger partial charge in [-0.15, -0.1) is 9.79 Å². The molecule has 0 saturated heterocycles. The van der Waals surface area contributed by atoms with Crippen molar-refractivity contribution in [2.75, 3.05) is 0 Å². The van der Waals surface area contributed by atoms with Gasteiger partial charge in [-0.1, -0.05) is 46.0 Å². The summed E-state index contributed by atoms with van der Waals surface area (Å²) in [7, 11) is -2.87. The van der Waals surface area contributed by atoms with E-state index in [9.17, 15) is 0 Å². The minimum Gasteiger partial charge on any atom is -0.134 e. The fourth-order valence-electron chi connectivity index (χ4n) is 2.26. The topological polar surface area (TPSA) is 57.5 Å². The highest BCUT2D eigenvalue weighted by Gasteiger charge is 2.27. The van der Waals surface area contributed by atoms with Crippen LogP contribution in [-0.2, 0) is 4.57 Å². The second-order valence-corrected chi connectivity index (χ2v) is 4.53. The van der Waals surface area contributed by atoms with Crippen molar-refractivity contribution in [1.82, 2.24) is 0 Å². The van der Waals surface area contributed by atoms with Gasteiger partial charge in [0.1, 0.15) is 0 Å². The van der Waals surface area contributed by atoms with Crippen LogP contribution in [0.5, 0.6) is 0 Å². The van der Waals surface area contributed by atoms with Gasteiger partial charge in [0.2, 0.25) is 0 Å². The van der Waals surface area contributed by atoms with Crippen molar-refractivity contribution < 1.29 is 14.4 Å². The second kappa shape index (κ2) is 7.33. The Kier molecular flexibility index (Phi) is 7.34. The molecule has 0 aliphatic heterocycles. The summed E-state index contributed by atoms with van der Waals surface area (Å²) in [6.07, 6.45) is 10.3. The Morgan fingerprint density at radius 3 is 1.64 bits per heavy atom. The maximum Gasteiger partial charge on any atom is 0.692 e. The fraction of sp³-hybridized carbons (Fsp3) is 1.00. The lowest BCUT2D eigenvalue weighted by atomic mass is 9.71. The van der Waals surface area contributed by atoms with Crippen molar-refractivity contribution in [2.45, 2.75) is 58.8 Å². The van der Waals surface area contributed by atoms with Gasteiger partial charge < -0.3 is 0 Å². The molecule has 14 heavy (non-hydrogen) atoms. The summed E-state index contributed by atoms with van der Waals surface area (Å²) in [6, 6.07) is 0. The molecule has 0 aromatic heterocycles. The highest BCUT2D eigenvalue weighted by atomic mass is 31.1. The van der Waals surface area contributed by atoms with E-state index in [2.05, 4.69) is 13.8 Å². The third-order valence-electron chi connectivity index (χ3n) is 3.41. The minimum absolute atomic E-state index is 0.762. The van der Waals surface area contributed by atoms with Gasteiger partial charge in [0.05, 0.1) is 0 Å². The van der Waals surface area contributed by atoms with Crippen LogP contribution in [0.4, 0.5) is 0 Å². The van der Waals surface area contributed by atoms with Gasteiger partial charge in [-0.2, -0.15) is 0 Å². The summed E-state index contributed by atoms with van der Waals surface area (Å²) in [5.41, 5.74) is 0.762.